The fourth-order valence-electron chi connectivity index (χ4n) is 2.44. The number of azo groups is 1. The molecule has 0 amide bonds. The molecule has 0 aliphatic rings. The molecule has 0 radical (unpaired) electrons. The second kappa shape index (κ2) is 6.71. The van der Waals surface area contributed by atoms with Crippen molar-refractivity contribution in [3.05, 3.63) is 41.5 Å². The van der Waals surface area contributed by atoms with Gasteiger partial charge in [0, 0.05) is 10.5 Å². The number of rotatable bonds is 2. The lowest BCUT2D eigenvalue weighted by molar-refractivity contribution is 0.446. The Morgan fingerprint density at radius 3 is 2.00 bits per heavy atom. The van der Waals surface area contributed by atoms with E-state index in [0.717, 1.165) is 16.0 Å². The molecule has 5 heteroatoms. The highest BCUT2D eigenvalue weighted by Gasteiger charge is 2.25. The van der Waals surface area contributed by atoms with E-state index in [0.29, 0.717) is 17.1 Å². The van der Waals surface area contributed by atoms with Gasteiger partial charge in [-0.1, -0.05) is 47.6 Å². The molecule has 2 aromatic carbocycles. The van der Waals surface area contributed by atoms with E-state index in [4.69, 9.17) is 5.73 Å². The first-order valence-electron chi connectivity index (χ1n) is 8.28. The number of nitrogens with zero attached hydrogens (tertiary/aromatic N) is 2. The normalized spacial score (nSPS) is 12.8. The second-order valence-corrected chi connectivity index (χ2v) is 8.85. The zero-order valence-electron chi connectivity index (χ0n) is 15.8. The van der Waals surface area contributed by atoms with Crippen molar-refractivity contribution in [1.29, 1.82) is 0 Å². The first kappa shape index (κ1) is 19.3. The van der Waals surface area contributed by atoms with Gasteiger partial charge in [-0.2, -0.15) is 0 Å². The second-order valence-electron chi connectivity index (χ2n) is 8.33. The minimum absolute atomic E-state index is 0.0648. The van der Waals surface area contributed by atoms with E-state index >= 15 is 0 Å². The van der Waals surface area contributed by atoms with Gasteiger partial charge in [-0.3, -0.25) is 0 Å². The molecule has 0 atom stereocenters. The Morgan fingerprint density at radius 2 is 1.48 bits per heavy atom. The minimum Gasteiger partial charge on any atom is -0.505 e. The van der Waals surface area contributed by atoms with Gasteiger partial charge < -0.3 is 10.8 Å². The summed E-state index contributed by atoms with van der Waals surface area (Å²) in [7, 11) is 0. The highest BCUT2D eigenvalue weighted by Crippen LogP contribution is 2.42. The van der Waals surface area contributed by atoms with Crippen LogP contribution in [-0.4, -0.2) is 5.11 Å². The number of nitrogen functional groups attached to an aromatic ring is 1. The molecule has 0 saturated carbocycles. The van der Waals surface area contributed by atoms with Gasteiger partial charge in [-0.15, -0.1) is 22.9 Å². The van der Waals surface area contributed by atoms with E-state index in [1.165, 1.54) is 0 Å². The molecular weight excluding hydrogens is 330 g/mol. The molecule has 0 fully saturated rings. The smallest absolute Gasteiger partial charge is 0.146 e. The summed E-state index contributed by atoms with van der Waals surface area (Å²) in [6, 6.07) is 9.23. The summed E-state index contributed by atoms with van der Waals surface area (Å²) in [5.74, 6) is 0.161. The average Bonchev–Trinajstić information content (AvgIpc) is 2.45. The van der Waals surface area contributed by atoms with Gasteiger partial charge in [0.2, 0.25) is 0 Å². The largest absolute Gasteiger partial charge is 0.505 e. The molecule has 0 unspecified atom stereocenters. The van der Waals surface area contributed by atoms with E-state index in [-0.39, 0.29) is 16.6 Å². The molecule has 0 saturated heterocycles. The third-order valence-electron chi connectivity index (χ3n) is 4.04. The monoisotopic (exact) mass is 357 g/mol. The number of hydrogen-bond donors (Lipinski definition) is 3. The molecule has 2 aromatic rings. The van der Waals surface area contributed by atoms with Crippen LogP contribution in [0.15, 0.2) is 45.5 Å². The molecule has 3 N–H and O–H groups in total. The van der Waals surface area contributed by atoms with Crippen LogP contribution in [0.25, 0.3) is 0 Å². The van der Waals surface area contributed by atoms with Crippen LogP contribution in [0, 0.1) is 0 Å². The van der Waals surface area contributed by atoms with Crippen LogP contribution in [0.3, 0.4) is 0 Å². The SMILES string of the molecule is CC(C)(C)c1cc(N=Nc2ccc(S)cc2N)c(O)c(C(C)(C)C)c1. The van der Waals surface area contributed by atoms with Crippen molar-refractivity contribution in [3.63, 3.8) is 0 Å². The van der Waals surface area contributed by atoms with Gasteiger partial charge in [0.25, 0.3) is 0 Å². The summed E-state index contributed by atoms with van der Waals surface area (Å²) in [5, 5.41) is 19.2. The lowest BCUT2D eigenvalue weighted by Crippen LogP contribution is -2.16. The zero-order valence-corrected chi connectivity index (χ0v) is 16.6. The molecule has 0 bridgehead atoms. The number of anilines is 1. The van der Waals surface area contributed by atoms with Crippen LogP contribution >= 0.6 is 12.6 Å². The average molecular weight is 358 g/mol. The van der Waals surface area contributed by atoms with Gasteiger partial charge in [0.05, 0.1) is 5.69 Å². The van der Waals surface area contributed by atoms with Crippen molar-refractivity contribution < 1.29 is 5.11 Å². The fraction of sp³-hybridized carbons (Fsp3) is 0.400. The number of phenolic OH excluding ortho intramolecular Hbond substituents is 1. The van der Waals surface area contributed by atoms with Crippen molar-refractivity contribution in [2.24, 2.45) is 10.2 Å². The minimum atomic E-state index is -0.206. The Kier molecular flexibility index (Phi) is 5.19. The summed E-state index contributed by atoms with van der Waals surface area (Å²) in [4.78, 5) is 0.768. The van der Waals surface area contributed by atoms with E-state index in [9.17, 15) is 5.11 Å². The molecule has 0 heterocycles. The number of aromatic hydroxyl groups is 1. The van der Waals surface area contributed by atoms with Crippen LogP contribution in [-0.2, 0) is 10.8 Å². The third-order valence-corrected chi connectivity index (χ3v) is 4.32. The molecule has 134 valence electrons. The van der Waals surface area contributed by atoms with Crippen LogP contribution < -0.4 is 5.73 Å². The molecule has 0 aliphatic carbocycles. The molecule has 0 aliphatic heterocycles. The topological polar surface area (TPSA) is 71.0 Å². The lowest BCUT2D eigenvalue weighted by atomic mass is 9.80. The van der Waals surface area contributed by atoms with Crippen molar-refractivity contribution in [3.8, 4) is 5.75 Å². The van der Waals surface area contributed by atoms with E-state index < -0.39 is 0 Å². The van der Waals surface area contributed by atoms with Gasteiger partial charge in [0.1, 0.15) is 17.1 Å². The molecule has 0 aromatic heterocycles. The molecule has 2 rings (SSSR count). The Hall–Kier alpha value is -2.01. The zero-order chi connectivity index (χ0) is 19.0. The molecule has 4 nitrogen and oxygen atoms in total. The molecule has 25 heavy (non-hydrogen) atoms. The summed E-state index contributed by atoms with van der Waals surface area (Å²) in [6.45, 7) is 12.6. The highest BCUT2D eigenvalue weighted by atomic mass is 32.1. The third kappa shape index (κ3) is 4.54. The quantitative estimate of drug-likeness (QED) is 0.336. The summed E-state index contributed by atoms with van der Waals surface area (Å²) < 4.78 is 0. The number of phenols is 1. The van der Waals surface area contributed by atoms with Gasteiger partial charge >= 0.3 is 0 Å². The summed E-state index contributed by atoms with van der Waals surface area (Å²) in [6.07, 6.45) is 0. The van der Waals surface area contributed by atoms with E-state index in [1.54, 1.807) is 18.2 Å². The van der Waals surface area contributed by atoms with E-state index in [2.05, 4.69) is 70.5 Å². The van der Waals surface area contributed by atoms with Crippen molar-refractivity contribution >= 4 is 29.7 Å². The molecular formula is C20H27N3OS. The Bertz CT molecular complexity index is 815. The van der Waals surface area contributed by atoms with Crippen molar-refractivity contribution in [1.82, 2.24) is 0 Å². The van der Waals surface area contributed by atoms with Crippen LogP contribution in [0.4, 0.5) is 17.1 Å². The van der Waals surface area contributed by atoms with Crippen LogP contribution in [0.2, 0.25) is 0 Å². The summed E-state index contributed by atoms with van der Waals surface area (Å²) in [5.41, 5.74) is 9.14. The Balaban J connectivity index is 2.58. The number of hydrogen-bond acceptors (Lipinski definition) is 5. The summed E-state index contributed by atoms with van der Waals surface area (Å²) >= 11 is 4.25. The predicted octanol–water partition coefficient (Wildman–Crippen LogP) is 6.27. The molecule has 0 spiro atoms. The lowest BCUT2D eigenvalue weighted by Gasteiger charge is -2.26. The van der Waals surface area contributed by atoms with Gasteiger partial charge in [0.15, 0.2) is 0 Å². The Labute approximate surface area is 155 Å². The van der Waals surface area contributed by atoms with Gasteiger partial charge in [-0.25, -0.2) is 0 Å². The van der Waals surface area contributed by atoms with Crippen LogP contribution in [0.5, 0.6) is 5.75 Å². The van der Waals surface area contributed by atoms with E-state index in [1.807, 2.05) is 6.07 Å². The maximum Gasteiger partial charge on any atom is 0.146 e. The van der Waals surface area contributed by atoms with Crippen molar-refractivity contribution in [2.75, 3.05) is 5.73 Å². The Morgan fingerprint density at radius 1 is 0.880 bits per heavy atom. The highest BCUT2D eigenvalue weighted by molar-refractivity contribution is 7.80. The first-order chi connectivity index (χ1) is 11.4. The van der Waals surface area contributed by atoms with Gasteiger partial charge in [-0.05, 0) is 40.7 Å². The number of benzene rings is 2. The van der Waals surface area contributed by atoms with Crippen molar-refractivity contribution in [2.45, 2.75) is 57.3 Å². The number of thiol groups is 1. The maximum atomic E-state index is 10.7. The fourth-order valence-corrected chi connectivity index (χ4v) is 2.65. The van der Waals surface area contributed by atoms with Crippen LogP contribution in [0.1, 0.15) is 52.7 Å². The standard InChI is InChI=1S/C20H27N3OS/c1-19(2,3)12-9-14(20(4,5)6)18(24)17(10-12)23-22-16-8-7-13(25)11-15(16)21/h7-11,24-25H,21H2,1-6H3. The maximum absolute atomic E-state index is 10.7. The first-order valence-corrected chi connectivity index (χ1v) is 8.72. The predicted molar refractivity (Wildman–Crippen MR) is 108 cm³/mol. The number of nitrogens with two attached hydrogens (primary N) is 1.